The van der Waals surface area contributed by atoms with Gasteiger partial charge in [0.15, 0.2) is 15.8 Å². The Labute approximate surface area is 173 Å². The molecule has 0 spiro atoms. The SMILES string of the molecule is CN=C(NCCCS(=O)(=O)Cc1ccccc1)N1CCN(c2ccccn2)CC1. The third kappa shape index (κ3) is 6.45. The van der Waals surface area contributed by atoms with E-state index in [1.165, 1.54) is 0 Å². The average molecular weight is 416 g/mol. The number of benzene rings is 1. The number of pyridine rings is 1. The zero-order valence-corrected chi connectivity index (χ0v) is 17.7. The van der Waals surface area contributed by atoms with Crippen molar-refractivity contribution >= 4 is 21.6 Å². The van der Waals surface area contributed by atoms with E-state index in [0.29, 0.717) is 13.0 Å². The lowest BCUT2D eigenvalue weighted by molar-refractivity contribution is 0.371. The van der Waals surface area contributed by atoms with Gasteiger partial charge in [0, 0.05) is 46.0 Å². The van der Waals surface area contributed by atoms with Gasteiger partial charge in [0.2, 0.25) is 0 Å². The number of sulfone groups is 1. The molecule has 1 aliphatic heterocycles. The fourth-order valence-electron chi connectivity index (χ4n) is 3.41. The monoisotopic (exact) mass is 415 g/mol. The van der Waals surface area contributed by atoms with Gasteiger partial charge in [-0.3, -0.25) is 4.99 Å². The van der Waals surface area contributed by atoms with Crippen LogP contribution in [0.15, 0.2) is 59.7 Å². The predicted molar refractivity (Wildman–Crippen MR) is 118 cm³/mol. The third-order valence-corrected chi connectivity index (χ3v) is 6.59. The van der Waals surface area contributed by atoms with Crippen molar-refractivity contribution in [3.63, 3.8) is 0 Å². The minimum atomic E-state index is -3.11. The zero-order chi connectivity index (χ0) is 20.5. The molecule has 3 rings (SSSR count). The Bertz CT molecular complexity index is 880. The highest BCUT2D eigenvalue weighted by molar-refractivity contribution is 7.90. The Balaban J connectivity index is 1.41. The van der Waals surface area contributed by atoms with E-state index < -0.39 is 9.84 Å². The summed E-state index contributed by atoms with van der Waals surface area (Å²) in [6.45, 7) is 4.04. The first kappa shape index (κ1) is 21.1. The van der Waals surface area contributed by atoms with Crippen molar-refractivity contribution in [2.24, 2.45) is 4.99 Å². The second-order valence-electron chi connectivity index (χ2n) is 7.07. The molecular weight excluding hydrogens is 386 g/mol. The lowest BCUT2D eigenvalue weighted by Gasteiger charge is -2.37. The van der Waals surface area contributed by atoms with Gasteiger partial charge in [-0.25, -0.2) is 13.4 Å². The molecule has 0 saturated carbocycles. The van der Waals surface area contributed by atoms with E-state index >= 15 is 0 Å². The first-order valence-corrected chi connectivity index (χ1v) is 11.8. The van der Waals surface area contributed by atoms with Crippen molar-refractivity contribution in [1.82, 2.24) is 15.2 Å². The van der Waals surface area contributed by atoms with Crippen LogP contribution in [0.25, 0.3) is 0 Å². The Hall–Kier alpha value is -2.61. The minimum Gasteiger partial charge on any atom is -0.356 e. The smallest absolute Gasteiger partial charge is 0.193 e. The van der Waals surface area contributed by atoms with E-state index in [4.69, 9.17) is 0 Å². The summed E-state index contributed by atoms with van der Waals surface area (Å²) in [7, 11) is -1.35. The number of hydrogen-bond donors (Lipinski definition) is 1. The van der Waals surface area contributed by atoms with Gasteiger partial charge in [-0.1, -0.05) is 36.4 Å². The van der Waals surface area contributed by atoms with Crippen LogP contribution in [0.3, 0.4) is 0 Å². The molecule has 1 aliphatic rings. The van der Waals surface area contributed by atoms with E-state index in [9.17, 15) is 8.42 Å². The van der Waals surface area contributed by atoms with Gasteiger partial charge in [0.1, 0.15) is 5.82 Å². The molecule has 0 aliphatic carbocycles. The number of piperazine rings is 1. The molecule has 0 amide bonds. The summed E-state index contributed by atoms with van der Waals surface area (Å²) in [5, 5.41) is 3.31. The number of rotatable bonds is 7. The Morgan fingerprint density at radius 3 is 2.45 bits per heavy atom. The van der Waals surface area contributed by atoms with Crippen LogP contribution >= 0.6 is 0 Å². The summed E-state index contributed by atoms with van der Waals surface area (Å²) < 4.78 is 24.6. The molecular formula is C21H29N5O2S. The van der Waals surface area contributed by atoms with E-state index in [1.54, 1.807) is 7.05 Å². The van der Waals surface area contributed by atoms with Crippen LogP contribution in [-0.4, -0.2) is 69.8 Å². The van der Waals surface area contributed by atoms with Gasteiger partial charge in [-0.15, -0.1) is 0 Å². The van der Waals surface area contributed by atoms with Crippen molar-refractivity contribution in [3.05, 3.63) is 60.3 Å². The van der Waals surface area contributed by atoms with Gasteiger partial charge in [-0.2, -0.15) is 0 Å². The van der Waals surface area contributed by atoms with Crippen LogP contribution in [0.4, 0.5) is 5.82 Å². The number of nitrogens with zero attached hydrogens (tertiary/aromatic N) is 4. The molecule has 1 N–H and O–H groups in total. The highest BCUT2D eigenvalue weighted by Gasteiger charge is 2.20. The van der Waals surface area contributed by atoms with Gasteiger partial charge in [-0.05, 0) is 24.1 Å². The Morgan fingerprint density at radius 2 is 1.79 bits per heavy atom. The average Bonchev–Trinajstić information content (AvgIpc) is 2.75. The third-order valence-electron chi connectivity index (χ3n) is 4.91. The van der Waals surface area contributed by atoms with Crippen LogP contribution in [0.5, 0.6) is 0 Å². The summed E-state index contributed by atoms with van der Waals surface area (Å²) in [6, 6.07) is 15.3. The molecule has 156 valence electrons. The number of aromatic nitrogens is 1. The quantitative estimate of drug-likeness (QED) is 0.422. The van der Waals surface area contributed by atoms with Crippen molar-refractivity contribution in [2.45, 2.75) is 12.2 Å². The molecule has 0 unspecified atom stereocenters. The van der Waals surface area contributed by atoms with Crippen molar-refractivity contribution < 1.29 is 8.42 Å². The molecule has 0 bridgehead atoms. The second kappa shape index (κ2) is 10.2. The first-order valence-electron chi connectivity index (χ1n) is 9.93. The highest BCUT2D eigenvalue weighted by atomic mass is 32.2. The lowest BCUT2D eigenvalue weighted by Crippen LogP contribution is -2.52. The number of aliphatic imine (C=N–C) groups is 1. The van der Waals surface area contributed by atoms with Crippen molar-refractivity contribution in [3.8, 4) is 0 Å². The van der Waals surface area contributed by atoms with Crippen molar-refractivity contribution in [1.29, 1.82) is 0 Å². The molecule has 1 fully saturated rings. The van der Waals surface area contributed by atoms with Gasteiger partial charge in [0.05, 0.1) is 11.5 Å². The molecule has 7 nitrogen and oxygen atoms in total. The zero-order valence-electron chi connectivity index (χ0n) is 16.9. The second-order valence-corrected chi connectivity index (χ2v) is 9.25. The standard InChI is InChI=1S/C21H29N5O2S/c1-22-21(26-15-13-25(14-16-26)20-10-5-6-11-23-20)24-12-7-17-29(27,28)18-19-8-3-2-4-9-19/h2-6,8-11H,7,12-18H2,1H3,(H,22,24). The number of anilines is 1. The molecule has 2 aromatic rings. The maximum absolute atomic E-state index is 12.3. The fourth-order valence-corrected chi connectivity index (χ4v) is 4.84. The molecule has 1 saturated heterocycles. The summed E-state index contributed by atoms with van der Waals surface area (Å²) in [5.74, 6) is 2.09. The highest BCUT2D eigenvalue weighted by Crippen LogP contribution is 2.12. The summed E-state index contributed by atoms with van der Waals surface area (Å²) in [4.78, 5) is 13.2. The number of nitrogens with one attached hydrogen (secondary N) is 1. The summed E-state index contributed by atoms with van der Waals surface area (Å²) in [6.07, 6.45) is 2.37. The van der Waals surface area contributed by atoms with Gasteiger partial charge < -0.3 is 15.1 Å². The molecule has 29 heavy (non-hydrogen) atoms. The van der Waals surface area contributed by atoms with Crippen LogP contribution in [-0.2, 0) is 15.6 Å². The van der Waals surface area contributed by atoms with Gasteiger partial charge in [0.25, 0.3) is 0 Å². The summed E-state index contributed by atoms with van der Waals surface area (Å²) >= 11 is 0. The Kier molecular flexibility index (Phi) is 7.46. The number of guanidine groups is 1. The molecule has 8 heteroatoms. The lowest BCUT2D eigenvalue weighted by atomic mass is 10.2. The van der Waals surface area contributed by atoms with Gasteiger partial charge >= 0.3 is 0 Å². The number of hydrogen-bond acceptors (Lipinski definition) is 5. The predicted octanol–water partition coefficient (Wildman–Crippen LogP) is 1.78. The van der Waals surface area contributed by atoms with E-state index in [1.807, 2.05) is 54.7 Å². The van der Waals surface area contributed by atoms with Crippen LogP contribution < -0.4 is 10.2 Å². The van der Waals surface area contributed by atoms with Crippen LogP contribution in [0, 0.1) is 0 Å². The fraction of sp³-hybridized carbons (Fsp3) is 0.429. The van der Waals surface area contributed by atoms with E-state index in [2.05, 4.69) is 25.1 Å². The van der Waals surface area contributed by atoms with Crippen LogP contribution in [0.1, 0.15) is 12.0 Å². The minimum absolute atomic E-state index is 0.0953. The molecule has 0 radical (unpaired) electrons. The van der Waals surface area contributed by atoms with Crippen molar-refractivity contribution in [2.75, 3.05) is 50.4 Å². The first-order chi connectivity index (χ1) is 14.1. The Morgan fingerprint density at radius 1 is 1.07 bits per heavy atom. The van der Waals surface area contributed by atoms with E-state index in [-0.39, 0.29) is 11.5 Å². The molecule has 0 atom stereocenters. The van der Waals surface area contributed by atoms with E-state index in [0.717, 1.165) is 43.5 Å². The summed E-state index contributed by atoms with van der Waals surface area (Å²) in [5.41, 5.74) is 0.835. The van der Waals surface area contributed by atoms with Crippen LogP contribution in [0.2, 0.25) is 0 Å². The maximum Gasteiger partial charge on any atom is 0.193 e. The topological polar surface area (TPSA) is 77.9 Å². The molecule has 1 aromatic carbocycles. The maximum atomic E-state index is 12.3. The molecule has 2 heterocycles. The molecule has 1 aromatic heterocycles. The largest absolute Gasteiger partial charge is 0.356 e. The normalized spacial score (nSPS) is 15.4.